The topological polar surface area (TPSA) is 66.5 Å². The highest BCUT2D eigenvalue weighted by Gasteiger charge is 2.28. The van der Waals surface area contributed by atoms with Crippen LogP contribution in [0.5, 0.6) is 0 Å². The minimum absolute atomic E-state index is 0.0869. The number of amides is 1. The van der Waals surface area contributed by atoms with Gasteiger partial charge in [-0.25, -0.2) is 8.42 Å². The van der Waals surface area contributed by atoms with Crippen LogP contribution < -0.4 is 9.62 Å². The van der Waals surface area contributed by atoms with Crippen LogP contribution in [0.25, 0.3) is 0 Å². The quantitative estimate of drug-likeness (QED) is 0.606. The summed E-state index contributed by atoms with van der Waals surface area (Å²) in [4.78, 5) is 12.8. The molecule has 0 saturated heterocycles. The van der Waals surface area contributed by atoms with Crippen molar-refractivity contribution in [2.24, 2.45) is 0 Å². The number of halogens is 1. The van der Waals surface area contributed by atoms with Crippen molar-refractivity contribution in [2.45, 2.75) is 17.9 Å². The van der Waals surface area contributed by atoms with Crippen LogP contribution in [0.4, 0.5) is 5.69 Å². The van der Waals surface area contributed by atoms with Gasteiger partial charge in [0.1, 0.15) is 6.54 Å². The van der Waals surface area contributed by atoms with E-state index in [1.807, 2.05) is 37.3 Å². The van der Waals surface area contributed by atoms with Crippen LogP contribution in [-0.4, -0.2) is 20.9 Å². The van der Waals surface area contributed by atoms with Gasteiger partial charge in [-0.3, -0.25) is 9.10 Å². The Labute approximate surface area is 176 Å². The lowest BCUT2D eigenvalue weighted by Gasteiger charge is -2.26. The first-order chi connectivity index (χ1) is 13.9. The average molecular weight is 429 g/mol. The summed E-state index contributed by atoms with van der Waals surface area (Å²) in [6.45, 7) is 1.46. The van der Waals surface area contributed by atoms with Gasteiger partial charge in [-0.2, -0.15) is 0 Å². The molecule has 0 fully saturated rings. The van der Waals surface area contributed by atoms with E-state index in [1.165, 1.54) is 12.1 Å². The standard InChI is InChI=1S/C22H21ClN2O3S/c1-17(18-10-4-2-5-11-18)24-22(26)16-25(21-15-9-8-14-20(21)23)29(27,28)19-12-6-3-7-13-19/h2-15,17H,16H2,1H3,(H,24,26)/t17-/m1/s1. The zero-order valence-electron chi connectivity index (χ0n) is 15.8. The van der Waals surface area contributed by atoms with Crippen LogP contribution in [0.15, 0.2) is 89.8 Å². The van der Waals surface area contributed by atoms with Crippen molar-refractivity contribution in [1.29, 1.82) is 0 Å². The van der Waals surface area contributed by atoms with Crippen LogP contribution in [0.2, 0.25) is 5.02 Å². The zero-order chi connectivity index (χ0) is 20.9. The summed E-state index contributed by atoms with van der Waals surface area (Å²) in [5, 5.41) is 3.10. The number of carbonyl (C=O) groups is 1. The van der Waals surface area contributed by atoms with Crippen molar-refractivity contribution in [3.05, 3.63) is 95.5 Å². The minimum atomic E-state index is -3.98. The van der Waals surface area contributed by atoms with Gasteiger partial charge >= 0.3 is 0 Å². The predicted molar refractivity (Wildman–Crippen MR) is 115 cm³/mol. The van der Waals surface area contributed by atoms with Crippen molar-refractivity contribution in [2.75, 3.05) is 10.8 Å². The zero-order valence-corrected chi connectivity index (χ0v) is 17.4. The Morgan fingerprint density at radius 3 is 2.10 bits per heavy atom. The van der Waals surface area contributed by atoms with E-state index in [4.69, 9.17) is 11.6 Å². The lowest BCUT2D eigenvalue weighted by Crippen LogP contribution is -2.41. The van der Waals surface area contributed by atoms with E-state index >= 15 is 0 Å². The maximum atomic E-state index is 13.3. The summed E-state index contributed by atoms with van der Waals surface area (Å²) >= 11 is 6.26. The van der Waals surface area contributed by atoms with E-state index in [-0.39, 0.29) is 21.6 Å². The molecular weight excluding hydrogens is 408 g/mol. The second-order valence-corrected chi connectivity index (χ2v) is 8.75. The number of para-hydroxylation sites is 1. The van der Waals surface area contributed by atoms with Gasteiger partial charge in [0.05, 0.1) is 21.6 Å². The van der Waals surface area contributed by atoms with Crippen LogP contribution in [-0.2, 0) is 14.8 Å². The second kappa shape index (κ2) is 9.11. The summed E-state index contributed by atoms with van der Waals surface area (Å²) < 4.78 is 27.6. The third-order valence-electron chi connectivity index (χ3n) is 4.42. The van der Waals surface area contributed by atoms with E-state index in [2.05, 4.69) is 5.32 Å². The van der Waals surface area contributed by atoms with E-state index in [0.717, 1.165) is 9.87 Å². The highest BCUT2D eigenvalue weighted by atomic mass is 35.5. The Balaban J connectivity index is 1.90. The van der Waals surface area contributed by atoms with Gasteiger partial charge in [0.15, 0.2) is 0 Å². The fourth-order valence-electron chi connectivity index (χ4n) is 2.92. The number of hydrogen-bond donors (Lipinski definition) is 1. The van der Waals surface area contributed by atoms with Gasteiger partial charge in [-0.15, -0.1) is 0 Å². The molecular formula is C22H21ClN2O3S. The first kappa shape index (κ1) is 20.9. The normalized spacial score (nSPS) is 12.2. The third kappa shape index (κ3) is 4.96. The molecule has 0 unspecified atom stereocenters. The van der Waals surface area contributed by atoms with Gasteiger partial charge in [-0.05, 0) is 36.8 Å². The molecule has 0 aliphatic rings. The van der Waals surface area contributed by atoms with E-state index in [9.17, 15) is 13.2 Å². The molecule has 0 aromatic heterocycles. The molecule has 3 rings (SSSR count). The lowest BCUT2D eigenvalue weighted by atomic mass is 10.1. The molecule has 1 N–H and O–H groups in total. The Kier molecular flexibility index (Phi) is 6.56. The van der Waals surface area contributed by atoms with Crippen LogP contribution in [0.1, 0.15) is 18.5 Å². The maximum Gasteiger partial charge on any atom is 0.264 e. The minimum Gasteiger partial charge on any atom is -0.348 e. The number of nitrogens with one attached hydrogen (secondary N) is 1. The molecule has 1 atom stereocenters. The summed E-state index contributed by atoms with van der Waals surface area (Å²) in [5.41, 5.74) is 1.18. The molecule has 0 heterocycles. The molecule has 0 radical (unpaired) electrons. The predicted octanol–water partition coefficient (Wildman–Crippen LogP) is 4.41. The van der Waals surface area contributed by atoms with Crippen LogP contribution in [0, 0.1) is 0 Å². The molecule has 3 aromatic carbocycles. The summed E-state index contributed by atoms with van der Waals surface area (Å²) in [5.74, 6) is -0.430. The first-order valence-corrected chi connectivity index (χ1v) is 10.9. The van der Waals surface area contributed by atoms with Crippen LogP contribution in [0.3, 0.4) is 0 Å². The summed E-state index contributed by atoms with van der Waals surface area (Å²) in [6, 6.07) is 23.7. The maximum absolute atomic E-state index is 13.3. The number of anilines is 1. The SMILES string of the molecule is C[C@@H](NC(=O)CN(c1ccccc1Cl)S(=O)(=O)c1ccccc1)c1ccccc1. The Morgan fingerprint density at radius 2 is 1.48 bits per heavy atom. The number of sulfonamides is 1. The van der Waals surface area contributed by atoms with E-state index in [0.29, 0.717) is 0 Å². The monoisotopic (exact) mass is 428 g/mol. The highest BCUT2D eigenvalue weighted by molar-refractivity contribution is 7.92. The molecule has 3 aromatic rings. The number of hydrogen-bond acceptors (Lipinski definition) is 3. The second-order valence-electron chi connectivity index (χ2n) is 6.48. The Hall–Kier alpha value is -2.83. The smallest absolute Gasteiger partial charge is 0.264 e. The Morgan fingerprint density at radius 1 is 0.931 bits per heavy atom. The number of benzene rings is 3. The Bertz CT molecular complexity index is 1070. The molecule has 0 saturated carbocycles. The van der Waals surface area contributed by atoms with Crippen molar-refractivity contribution in [1.82, 2.24) is 5.32 Å². The van der Waals surface area contributed by atoms with Gasteiger partial charge in [0.2, 0.25) is 5.91 Å². The number of nitrogens with zero attached hydrogens (tertiary/aromatic N) is 1. The molecule has 29 heavy (non-hydrogen) atoms. The fourth-order valence-corrected chi connectivity index (χ4v) is 4.66. The molecule has 0 spiro atoms. The van der Waals surface area contributed by atoms with Gasteiger partial charge in [0.25, 0.3) is 10.0 Å². The van der Waals surface area contributed by atoms with E-state index in [1.54, 1.807) is 42.5 Å². The molecule has 0 aliphatic carbocycles. The molecule has 1 amide bonds. The van der Waals surface area contributed by atoms with Crippen molar-refractivity contribution < 1.29 is 13.2 Å². The molecule has 5 nitrogen and oxygen atoms in total. The van der Waals surface area contributed by atoms with Crippen molar-refractivity contribution in [3.8, 4) is 0 Å². The lowest BCUT2D eigenvalue weighted by molar-refractivity contribution is -0.120. The van der Waals surface area contributed by atoms with Gasteiger partial charge < -0.3 is 5.32 Å². The number of rotatable bonds is 7. The molecule has 150 valence electrons. The third-order valence-corrected chi connectivity index (χ3v) is 6.51. The van der Waals surface area contributed by atoms with Crippen molar-refractivity contribution in [3.63, 3.8) is 0 Å². The van der Waals surface area contributed by atoms with Gasteiger partial charge in [-0.1, -0.05) is 72.3 Å². The molecule has 0 aliphatic heterocycles. The largest absolute Gasteiger partial charge is 0.348 e. The molecule has 0 bridgehead atoms. The average Bonchev–Trinajstić information content (AvgIpc) is 2.74. The molecule has 7 heteroatoms. The van der Waals surface area contributed by atoms with Crippen molar-refractivity contribution >= 4 is 33.2 Å². The summed E-state index contributed by atoms with van der Waals surface area (Å²) in [7, 11) is -3.98. The first-order valence-electron chi connectivity index (χ1n) is 9.06. The number of carbonyl (C=O) groups excluding carboxylic acids is 1. The highest BCUT2D eigenvalue weighted by Crippen LogP contribution is 2.30. The van der Waals surface area contributed by atoms with E-state index < -0.39 is 22.5 Å². The van der Waals surface area contributed by atoms with Gasteiger partial charge in [0, 0.05) is 0 Å². The van der Waals surface area contributed by atoms with Crippen LogP contribution >= 0.6 is 11.6 Å². The summed E-state index contributed by atoms with van der Waals surface area (Å²) in [6.07, 6.45) is 0. The fraction of sp³-hybridized carbons (Fsp3) is 0.136.